The van der Waals surface area contributed by atoms with Gasteiger partial charge in [0.25, 0.3) is 0 Å². The van der Waals surface area contributed by atoms with Crippen LogP contribution in [0.3, 0.4) is 0 Å². The second-order valence-corrected chi connectivity index (χ2v) is 9.32. The minimum Gasteiger partial charge on any atom is -0.224 e. The highest BCUT2D eigenvalue weighted by Crippen LogP contribution is 2.44. The number of hydrogen-bond donors (Lipinski definition) is 0. The lowest BCUT2D eigenvalue weighted by Gasteiger charge is -2.12. The molecule has 0 aromatic heterocycles. The summed E-state index contributed by atoms with van der Waals surface area (Å²) in [5.74, 6) is 0. The second kappa shape index (κ2) is 6.37. The SMILES string of the molecule is CC1(C)C=C(c2ccc(C(F)(F)F)cc2)C(c2ccc(S(C)(=O)=O)cc2)=C1. The Morgan fingerprint density at radius 2 is 1.19 bits per heavy atom. The van der Waals surface area contributed by atoms with Crippen LogP contribution in [-0.4, -0.2) is 14.7 Å². The van der Waals surface area contributed by atoms with E-state index in [4.69, 9.17) is 0 Å². The van der Waals surface area contributed by atoms with Crippen LogP contribution in [0.1, 0.15) is 30.5 Å². The van der Waals surface area contributed by atoms with Gasteiger partial charge in [0.05, 0.1) is 10.5 Å². The Balaban J connectivity index is 2.01. The first-order valence-electron chi connectivity index (χ1n) is 8.31. The lowest BCUT2D eigenvalue weighted by Crippen LogP contribution is -2.04. The Morgan fingerprint density at radius 3 is 1.56 bits per heavy atom. The fourth-order valence-corrected chi connectivity index (χ4v) is 3.77. The molecule has 0 saturated heterocycles. The summed E-state index contributed by atoms with van der Waals surface area (Å²) in [6.45, 7) is 4.02. The van der Waals surface area contributed by atoms with Crippen LogP contribution < -0.4 is 0 Å². The summed E-state index contributed by atoms with van der Waals surface area (Å²) in [5, 5.41) is 0. The number of benzene rings is 2. The second-order valence-electron chi connectivity index (χ2n) is 7.31. The molecule has 0 atom stereocenters. The fraction of sp³-hybridized carbons (Fsp3) is 0.238. The zero-order valence-corrected chi connectivity index (χ0v) is 15.9. The smallest absolute Gasteiger partial charge is 0.224 e. The van der Waals surface area contributed by atoms with Crippen molar-refractivity contribution in [3.05, 3.63) is 77.4 Å². The maximum Gasteiger partial charge on any atom is 0.416 e. The van der Waals surface area contributed by atoms with Crippen molar-refractivity contribution in [2.24, 2.45) is 5.41 Å². The first-order chi connectivity index (χ1) is 12.4. The van der Waals surface area contributed by atoms with E-state index in [9.17, 15) is 21.6 Å². The van der Waals surface area contributed by atoms with E-state index in [-0.39, 0.29) is 10.3 Å². The summed E-state index contributed by atoms with van der Waals surface area (Å²) in [6.07, 6.45) is 0.820. The molecule has 0 unspecified atom stereocenters. The zero-order valence-electron chi connectivity index (χ0n) is 15.1. The van der Waals surface area contributed by atoms with Crippen LogP contribution in [0.4, 0.5) is 13.2 Å². The Labute approximate surface area is 157 Å². The molecule has 0 saturated carbocycles. The highest BCUT2D eigenvalue weighted by atomic mass is 32.2. The summed E-state index contributed by atoms with van der Waals surface area (Å²) >= 11 is 0. The molecule has 0 N–H and O–H groups in total. The number of alkyl halides is 3. The molecular formula is C21H19F3O2S. The lowest BCUT2D eigenvalue weighted by atomic mass is 9.94. The molecule has 3 rings (SSSR count). The Hall–Kier alpha value is -2.34. The number of hydrogen-bond acceptors (Lipinski definition) is 2. The van der Waals surface area contributed by atoms with Crippen molar-refractivity contribution in [3.63, 3.8) is 0 Å². The quantitative estimate of drug-likeness (QED) is 0.680. The van der Waals surface area contributed by atoms with Crippen LogP contribution in [0, 0.1) is 5.41 Å². The van der Waals surface area contributed by atoms with Gasteiger partial charge in [0, 0.05) is 11.7 Å². The molecule has 0 bridgehead atoms. The standard InChI is InChI=1S/C21H19F3O2S/c1-20(2)12-18(14-4-8-16(9-5-14)21(22,23)24)19(13-20)15-6-10-17(11-7-15)27(3,25)26/h4-13H,1-3H3. The van der Waals surface area contributed by atoms with Gasteiger partial charge in [-0.05, 0) is 46.5 Å². The molecule has 2 aromatic carbocycles. The molecule has 0 spiro atoms. The Kier molecular flexibility index (Phi) is 4.58. The van der Waals surface area contributed by atoms with Crippen molar-refractivity contribution >= 4 is 21.0 Å². The molecule has 0 aliphatic heterocycles. The van der Waals surface area contributed by atoms with E-state index in [1.54, 1.807) is 24.3 Å². The Morgan fingerprint density at radius 1 is 0.778 bits per heavy atom. The van der Waals surface area contributed by atoms with Gasteiger partial charge in [-0.15, -0.1) is 0 Å². The van der Waals surface area contributed by atoms with Crippen molar-refractivity contribution in [3.8, 4) is 0 Å². The van der Waals surface area contributed by atoms with Crippen LogP contribution in [0.5, 0.6) is 0 Å². The van der Waals surface area contributed by atoms with E-state index < -0.39 is 21.6 Å². The average molecular weight is 392 g/mol. The van der Waals surface area contributed by atoms with Crippen LogP contribution >= 0.6 is 0 Å². The first kappa shape index (κ1) is 19.4. The average Bonchev–Trinajstić information content (AvgIpc) is 2.89. The van der Waals surface area contributed by atoms with E-state index in [1.165, 1.54) is 12.1 Å². The number of halogens is 3. The van der Waals surface area contributed by atoms with Crippen LogP contribution in [0.25, 0.3) is 11.1 Å². The van der Waals surface area contributed by atoms with Gasteiger partial charge in [-0.1, -0.05) is 50.3 Å². The monoisotopic (exact) mass is 392 g/mol. The number of allylic oxidation sites excluding steroid dienone is 4. The number of sulfone groups is 1. The molecule has 142 valence electrons. The predicted molar refractivity (Wildman–Crippen MR) is 101 cm³/mol. The predicted octanol–water partition coefficient (Wildman–Crippen LogP) is 5.62. The molecule has 1 aliphatic carbocycles. The van der Waals surface area contributed by atoms with Gasteiger partial charge in [0.1, 0.15) is 0 Å². The summed E-state index contributed by atoms with van der Waals surface area (Å²) in [5.41, 5.74) is 2.27. The third kappa shape index (κ3) is 4.16. The number of rotatable bonds is 3. The van der Waals surface area contributed by atoms with Crippen molar-refractivity contribution in [1.29, 1.82) is 0 Å². The van der Waals surface area contributed by atoms with Gasteiger partial charge in [-0.2, -0.15) is 13.2 Å². The van der Waals surface area contributed by atoms with Gasteiger partial charge in [0.15, 0.2) is 9.84 Å². The van der Waals surface area contributed by atoms with Crippen molar-refractivity contribution < 1.29 is 21.6 Å². The van der Waals surface area contributed by atoms with Gasteiger partial charge in [-0.3, -0.25) is 0 Å². The first-order valence-corrected chi connectivity index (χ1v) is 10.2. The highest BCUT2D eigenvalue weighted by molar-refractivity contribution is 7.90. The summed E-state index contributed by atoms with van der Waals surface area (Å²) in [4.78, 5) is 0.226. The summed E-state index contributed by atoms with van der Waals surface area (Å²) in [7, 11) is -3.29. The molecule has 2 aromatic rings. The van der Waals surface area contributed by atoms with E-state index in [1.807, 2.05) is 26.0 Å². The van der Waals surface area contributed by atoms with E-state index >= 15 is 0 Å². The minimum atomic E-state index is -4.37. The summed E-state index contributed by atoms with van der Waals surface area (Å²) < 4.78 is 61.8. The van der Waals surface area contributed by atoms with Crippen LogP contribution in [0.2, 0.25) is 0 Å². The van der Waals surface area contributed by atoms with Gasteiger partial charge in [0.2, 0.25) is 0 Å². The highest BCUT2D eigenvalue weighted by Gasteiger charge is 2.31. The maximum absolute atomic E-state index is 12.8. The molecule has 0 fully saturated rings. The van der Waals surface area contributed by atoms with Crippen LogP contribution in [-0.2, 0) is 16.0 Å². The van der Waals surface area contributed by atoms with Gasteiger partial charge >= 0.3 is 6.18 Å². The van der Waals surface area contributed by atoms with E-state index in [0.717, 1.165) is 35.1 Å². The largest absolute Gasteiger partial charge is 0.416 e. The molecule has 0 heterocycles. The molecule has 0 amide bonds. The molecule has 1 aliphatic rings. The molecular weight excluding hydrogens is 373 g/mol. The van der Waals surface area contributed by atoms with Crippen molar-refractivity contribution in [1.82, 2.24) is 0 Å². The Bertz CT molecular complexity index is 1020. The normalized spacial score (nSPS) is 16.8. The van der Waals surface area contributed by atoms with Gasteiger partial charge < -0.3 is 0 Å². The molecule has 27 heavy (non-hydrogen) atoms. The van der Waals surface area contributed by atoms with Gasteiger partial charge in [-0.25, -0.2) is 8.42 Å². The molecule has 6 heteroatoms. The fourth-order valence-electron chi connectivity index (χ4n) is 3.14. The maximum atomic E-state index is 12.8. The van der Waals surface area contributed by atoms with Crippen LogP contribution in [0.15, 0.2) is 65.6 Å². The molecule has 2 nitrogen and oxygen atoms in total. The summed E-state index contributed by atoms with van der Waals surface area (Å²) in [6, 6.07) is 11.6. The van der Waals surface area contributed by atoms with E-state index in [2.05, 4.69) is 0 Å². The molecule has 0 radical (unpaired) electrons. The third-order valence-electron chi connectivity index (χ3n) is 4.44. The van der Waals surface area contributed by atoms with Crippen molar-refractivity contribution in [2.75, 3.05) is 6.26 Å². The third-order valence-corrected chi connectivity index (χ3v) is 5.57. The zero-order chi connectivity index (χ0) is 20.0. The topological polar surface area (TPSA) is 34.1 Å². The van der Waals surface area contributed by atoms with E-state index in [0.29, 0.717) is 5.56 Å². The van der Waals surface area contributed by atoms with Crippen molar-refractivity contribution in [2.45, 2.75) is 24.9 Å². The lowest BCUT2D eigenvalue weighted by molar-refractivity contribution is -0.137. The minimum absolute atomic E-state index is 0.226.